The van der Waals surface area contributed by atoms with E-state index in [1.54, 1.807) is 19.2 Å². The summed E-state index contributed by atoms with van der Waals surface area (Å²) in [7, 11) is 1.63. The molecule has 0 aliphatic carbocycles. The summed E-state index contributed by atoms with van der Waals surface area (Å²) in [6.45, 7) is 0. The third kappa shape index (κ3) is 2.70. The predicted molar refractivity (Wildman–Crippen MR) is 98.1 cm³/mol. The van der Waals surface area contributed by atoms with Gasteiger partial charge in [-0.25, -0.2) is 0 Å². The van der Waals surface area contributed by atoms with Gasteiger partial charge in [0.2, 0.25) is 5.78 Å². The van der Waals surface area contributed by atoms with Gasteiger partial charge in [0.15, 0.2) is 5.76 Å². The highest BCUT2D eigenvalue weighted by Gasteiger charge is 2.22. The largest absolute Gasteiger partial charge is 0.497 e. The molecule has 0 amide bonds. The first kappa shape index (κ1) is 15.2. The monoisotopic (exact) mass is 328 g/mol. The summed E-state index contributed by atoms with van der Waals surface area (Å²) < 4.78 is 11.2. The van der Waals surface area contributed by atoms with Crippen molar-refractivity contribution in [3.63, 3.8) is 0 Å². The molecule has 4 aromatic rings. The highest BCUT2D eigenvalue weighted by molar-refractivity contribution is 6.15. The van der Waals surface area contributed by atoms with Gasteiger partial charge in [-0.05, 0) is 23.8 Å². The van der Waals surface area contributed by atoms with Gasteiger partial charge < -0.3 is 9.15 Å². The third-order valence-corrected chi connectivity index (χ3v) is 4.22. The highest BCUT2D eigenvalue weighted by Crippen LogP contribution is 2.36. The Balaban J connectivity index is 1.93. The van der Waals surface area contributed by atoms with Crippen molar-refractivity contribution in [3.05, 3.63) is 90.2 Å². The van der Waals surface area contributed by atoms with Crippen molar-refractivity contribution in [2.75, 3.05) is 7.11 Å². The lowest BCUT2D eigenvalue weighted by Crippen LogP contribution is -2.01. The fraction of sp³-hybridized carbons (Fsp3) is 0.0455. The molecule has 1 heterocycles. The van der Waals surface area contributed by atoms with Crippen LogP contribution in [0.3, 0.4) is 0 Å². The molecular weight excluding hydrogens is 312 g/mol. The van der Waals surface area contributed by atoms with Crippen molar-refractivity contribution in [1.82, 2.24) is 0 Å². The number of ketones is 1. The van der Waals surface area contributed by atoms with E-state index < -0.39 is 0 Å². The summed E-state index contributed by atoms with van der Waals surface area (Å²) in [6, 6.07) is 24.5. The summed E-state index contributed by atoms with van der Waals surface area (Å²) in [6.07, 6.45) is 0. The zero-order valence-corrected chi connectivity index (χ0v) is 13.7. The van der Waals surface area contributed by atoms with Gasteiger partial charge in [0.1, 0.15) is 11.3 Å². The molecule has 0 saturated carbocycles. The van der Waals surface area contributed by atoms with E-state index in [2.05, 4.69) is 0 Å². The van der Waals surface area contributed by atoms with Gasteiger partial charge in [-0.3, -0.25) is 4.79 Å². The summed E-state index contributed by atoms with van der Waals surface area (Å²) in [5.41, 5.74) is 3.04. The molecule has 25 heavy (non-hydrogen) atoms. The minimum atomic E-state index is -0.123. The van der Waals surface area contributed by atoms with Crippen LogP contribution in [0.4, 0.5) is 0 Å². The van der Waals surface area contributed by atoms with Crippen molar-refractivity contribution in [3.8, 4) is 16.9 Å². The lowest BCUT2D eigenvalue weighted by atomic mass is 9.98. The second-order valence-corrected chi connectivity index (χ2v) is 5.73. The van der Waals surface area contributed by atoms with E-state index in [-0.39, 0.29) is 5.78 Å². The zero-order chi connectivity index (χ0) is 17.2. The molecular formula is C22H16O3. The van der Waals surface area contributed by atoms with Crippen LogP contribution in [-0.4, -0.2) is 12.9 Å². The molecule has 3 heteroatoms. The molecule has 0 aliphatic rings. The number of para-hydroxylation sites is 1. The van der Waals surface area contributed by atoms with Gasteiger partial charge >= 0.3 is 0 Å². The van der Waals surface area contributed by atoms with E-state index in [1.807, 2.05) is 66.7 Å². The zero-order valence-electron chi connectivity index (χ0n) is 13.7. The molecule has 122 valence electrons. The second-order valence-electron chi connectivity index (χ2n) is 5.73. The molecule has 3 nitrogen and oxygen atoms in total. The van der Waals surface area contributed by atoms with Crippen LogP contribution in [-0.2, 0) is 0 Å². The van der Waals surface area contributed by atoms with Crippen LogP contribution in [0.2, 0.25) is 0 Å². The number of furan rings is 1. The first-order valence-electron chi connectivity index (χ1n) is 8.03. The van der Waals surface area contributed by atoms with Crippen LogP contribution < -0.4 is 4.74 Å². The van der Waals surface area contributed by atoms with Crippen molar-refractivity contribution >= 4 is 16.8 Å². The summed E-state index contributed by atoms with van der Waals surface area (Å²) in [4.78, 5) is 13.0. The Kier molecular flexibility index (Phi) is 3.82. The number of rotatable bonds is 4. The topological polar surface area (TPSA) is 39.4 Å². The van der Waals surface area contributed by atoms with Crippen molar-refractivity contribution in [2.24, 2.45) is 0 Å². The van der Waals surface area contributed by atoms with Crippen molar-refractivity contribution in [1.29, 1.82) is 0 Å². The van der Waals surface area contributed by atoms with Crippen LogP contribution in [0.15, 0.2) is 83.3 Å². The average molecular weight is 328 g/mol. The Morgan fingerprint density at radius 3 is 2.24 bits per heavy atom. The number of carbonyl (C=O) groups is 1. The standard InChI is InChI=1S/C22H16O3/c1-24-17-13-11-15(12-14-17)20-18-9-5-6-10-19(18)25-22(20)21(23)16-7-3-2-4-8-16/h2-14H,1H3. The lowest BCUT2D eigenvalue weighted by molar-refractivity contribution is 0.101. The minimum absolute atomic E-state index is 0.123. The number of hydrogen-bond donors (Lipinski definition) is 0. The predicted octanol–water partition coefficient (Wildman–Crippen LogP) is 5.34. The molecule has 3 aromatic carbocycles. The highest BCUT2D eigenvalue weighted by atomic mass is 16.5. The number of ether oxygens (including phenoxy) is 1. The third-order valence-electron chi connectivity index (χ3n) is 4.22. The number of benzene rings is 3. The maximum atomic E-state index is 13.0. The number of fused-ring (bicyclic) bond motifs is 1. The van der Waals surface area contributed by atoms with Gasteiger partial charge in [0, 0.05) is 16.5 Å². The maximum absolute atomic E-state index is 13.0. The molecule has 0 spiro atoms. The Bertz CT molecular complexity index is 1030. The van der Waals surface area contributed by atoms with E-state index in [1.165, 1.54) is 0 Å². The lowest BCUT2D eigenvalue weighted by Gasteiger charge is -2.05. The number of methoxy groups -OCH3 is 1. The van der Waals surface area contributed by atoms with E-state index in [0.717, 1.165) is 22.3 Å². The molecule has 0 saturated heterocycles. The van der Waals surface area contributed by atoms with Crippen LogP contribution in [0.5, 0.6) is 5.75 Å². The van der Waals surface area contributed by atoms with Gasteiger partial charge in [0.05, 0.1) is 7.11 Å². The maximum Gasteiger partial charge on any atom is 0.228 e. The summed E-state index contributed by atoms with van der Waals surface area (Å²) >= 11 is 0. The molecule has 0 fully saturated rings. The van der Waals surface area contributed by atoms with Gasteiger partial charge in [-0.2, -0.15) is 0 Å². The van der Waals surface area contributed by atoms with Gasteiger partial charge in [-0.1, -0.05) is 60.7 Å². The molecule has 4 rings (SSSR count). The van der Waals surface area contributed by atoms with Crippen LogP contribution in [0, 0.1) is 0 Å². The molecule has 0 unspecified atom stereocenters. The Hall–Kier alpha value is -3.33. The molecule has 1 aromatic heterocycles. The Morgan fingerprint density at radius 1 is 0.840 bits per heavy atom. The average Bonchev–Trinajstić information content (AvgIpc) is 3.07. The Labute approximate surface area is 145 Å². The second kappa shape index (κ2) is 6.29. The smallest absolute Gasteiger partial charge is 0.228 e. The van der Waals surface area contributed by atoms with Gasteiger partial charge in [-0.15, -0.1) is 0 Å². The molecule has 0 radical (unpaired) electrons. The molecule has 0 N–H and O–H groups in total. The summed E-state index contributed by atoms with van der Waals surface area (Å²) in [5, 5.41) is 0.923. The van der Waals surface area contributed by atoms with Crippen LogP contribution in [0.1, 0.15) is 16.1 Å². The fourth-order valence-corrected chi connectivity index (χ4v) is 2.97. The minimum Gasteiger partial charge on any atom is -0.497 e. The fourth-order valence-electron chi connectivity index (χ4n) is 2.97. The molecule has 0 bridgehead atoms. The first-order valence-corrected chi connectivity index (χ1v) is 8.03. The van der Waals surface area contributed by atoms with E-state index >= 15 is 0 Å². The van der Waals surface area contributed by atoms with E-state index in [0.29, 0.717) is 16.9 Å². The van der Waals surface area contributed by atoms with Crippen LogP contribution >= 0.6 is 0 Å². The summed E-state index contributed by atoms with van der Waals surface area (Å²) in [5.74, 6) is 1.01. The SMILES string of the molecule is COc1ccc(-c2c(C(=O)c3ccccc3)oc3ccccc23)cc1. The number of hydrogen-bond acceptors (Lipinski definition) is 3. The van der Waals surface area contributed by atoms with Crippen molar-refractivity contribution in [2.45, 2.75) is 0 Å². The van der Waals surface area contributed by atoms with E-state index in [9.17, 15) is 4.79 Å². The Morgan fingerprint density at radius 2 is 1.52 bits per heavy atom. The van der Waals surface area contributed by atoms with Gasteiger partial charge in [0.25, 0.3) is 0 Å². The van der Waals surface area contributed by atoms with Crippen LogP contribution in [0.25, 0.3) is 22.1 Å². The van der Waals surface area contributed by atoms with E-state index in [4.69, 9.17) is 9.15 Å². The molecule has 0 aliphatic heterocycles. The van der Waals surface area contributed by atoms with Crippen molar-refractivity contribution < 1.29 is 13.9 Å². The number of carbonyl (C=O) groups excluding carboxylic acids is 1. The molecule has 0 atom stereocenters. The first-order chi connectivity index (χ1) is 12.3. The quantitative estimate of drug-likeness (QED) is 0.475. The normalized spacial score (nSPS) is 10.8.